The molecule has 2 rings (SSSR count). The molecule has 0 saturated carbocycles. The zero-order valence-electron chi connectivity index (χ0n) is 8.39. The summed E-state index contributed by atoms with van der Waals surface area (Å²) in [5.41, 5.74) is 3.14. The molecule has 76 valence electrons. The molecule has 2 heterocycles. The Morgan fingerprint density at radius 3 is 2.79 bits per heavy atom. The summed E-state index contributed by atoms with van der Waals surface area (Å²) in [6, 6.07) is 0. The molecule has 1 aliphatic rings. The Balaban J connectivity index is 2.73. The van der Waals surface area contributed by atoms with Gasteiger partial charge in [0.25, 0.3) is 0 Å². The Morgan fingerprint density at radius 2 is 2.14 bits per heavy atom. The minimum Gasteiger partial charge on any atom is -0.362 e. The average Bonchev–Trinajstić information content (AvgIpc) is 2.38. The van der Waals surface area contributed by atoms with E-state index in [4.69, 9.17) is 16.3 Å². The first-order valence-corrected chi connectivity index (χ1v) is 4.83. The van der Waals surface area contributed by atoms with Crippen molar-refractivity contribution in [3.05, 3.63) is 27.5 Å². The predicted octanol–water partition coefficient (Wildman–Crippen LogP) is 2.05. The van der Waals surface area contributed by atoms with E-state index in [1.165, 1.54) is 0 Å². The van der Waals surface area contributed by atoms with Gasteiger partial charge in [-0.15, -0.1) is 0 Å². The van der Waals surface area contributed by atoms with E-state index in [1.807, 2.05) is 13.8 Å². The maximum atomic E-state index is 9.92. The molecule has 0 spiro atoms. The minimum atomic E-state index is -1.25. The fourth-order valence-corrected chi connectivity index (χ4v) is 2.04. The normalized spacial score (nSPS) is 25.2. The van der Waals surface area contributed by atoms with Crippen LogP contribution in [0.5, 0.6) is 0 Å². The van der Waals surface area contributed by atoms with Crippen LogP contribution in [0.1, 0.15) is 29.4 Å². The Labute approximate surface area is 87.7 Å². The number of aromatic nitrogens is 1. The molecule has 1 aliphatic heterocycles. The van der Waals surface area contributed by atoms with E-state index in [0.29, 0.717) is 17.2 Å². The molecular formula is C10H12ClNO2. The van der Waals surface area contributed by atoms with Crippen molar-refractivity contribution < 1.29 is 9.84 Å². The van der Waals surface area contributed by atoms with Gasteiger partial charge in [0, 0.05) is 5.56 Å². The van der Waals surface area contributed by atoms with Gasteiger partial charge in [0.2, 0.25) is 0 Å². The summed E-state index contributed by atoms with van der Waals surface area (Å²) in [7, 11) is 0. The number of fused-ring (bicyclic) bond motifs is 1. The van der Waals surface area contributed by atoms with Gasteiger partial charge in [0.15, 0.2) is 5.79 Å². The minimum absolute atomic E-state index is 0.348. The molecule has 0 fully saturated rings. The standard InChI is InChI=1S/C10H12ClNO2/c1-5-8-7(4-14-10(8,3)13)12-6(2)9(5)11/h13H,4H2,1-3H3. The lowest BCUT2D eigenvalue weighted by Gasteiger charge is -2.19. The number of rotatable bonds is 0. The molecular weight excluding hydrogens is 202 g/mol. The first-order chi connectivity index (χ1) is 6.43. The molecule has 1 atom stereocenters. The molecule has 0 radical (unpaired) electrons. The summed E-state index contributed by atoms with van der Waals surface area (Å²) in [4.78, 5) is 4.29. The highest BCUT2D eigenvalue weighted by atomic mass is 35.5. The fraction of sp³-hybridized carbons (Fsp3) is 0.500. The van der Waals surface area contributed by atoms with Crippen LogP contribution < -0.4 is 0 Å². The lowest BCUT2D eigenvalue weighted by molar-refractivity contribution is -0.189. The van der Waals surface area contributed by atoms with E-state index in [-0.39, 0.29) is 0 Å². The molecule has 4 heteroatoms. The van der Waals surface area contributed by atoms with Crippen LogP contribution >= 0.6 is 11.6 Å². The summed E-state index contributed by atoms with van der Waals surface area (Å²) < 4.78 is 5.24. The van der Waals surface area contributed by atoms with Gasteiger partial charge >= 0.3 is 0 Å². The second kappa shape index (κ2) is 2.92. The molecule has 1 aromatic rings. The molecule has 1 N–H and O–H groups in total. The second-order valence-electron chi connectivity index (χ2n) is 3.73. The van der Waals surface area contributed by atoms with E-state index >= 15 is 0 Å². The van der Waals surface area contributed by atoms with Crippen LogP contribution in [0.25, 0.3) is 0 Å². The average molecular weight is 214 g/mol. The van der Waals surface area contributed by atoms with Crippen molar-refractivity contribution in [1.82, 2.24) is 4.98 Å². The van der Waals surface area contributed by atoms with Crippen molar-refractivity contribution in [1.29, 1.82) is 0 Å². The maximum Gasteiger partial charge on any atom is 0.192 e. The SMILES string of the molecule is Cc1nc2c(c(C)c1Cl)C(C)(O)OC2. The van der Waals surface area contributed by atoms with Crippen LogP contribution in [-0.2, 0) is 17.1 Å². The molecule has 14 heavy (non-hydrogen) atoms. The highest BCUT2D eigenvalue weighted by Gasteiger charge is 2.37. The number of nitrogens with zero attached hydrogens (tertiary/aromatic N) is 1. The van der Waals surface area contributed by atoms with E-state index in [2.05, 4.69) is 4.98 Å². The van der Waals surface area contributed by atoms with Gasteiger partial charge in [-0.3, -0.25) is 4.98 Å². The largest absolute Gasteiger partial charge is 0.362 e. The molecule has 1 unspecified atom stereocenters. The van der Waals surface area contributed by atoms with Gasteiger partial charge in [0.1, 0.15) is 0 Å². The Bertz CT molecular complexity index is 402. The van der Waals surface area contributed by atoms with E-state index in [9.17, 15) is 5.11 Å². The van der Waals surface area contributed by atoms with Crippen molar-refractivity contribution >= 4 is 11.6 Å². The van der Waals surface area contributed by atoms with Crippen LogP contribution in [0, 0.1) is 13.8 Å². The molecule has 3 nitrogen and oxygen atoms in total. The van der Waals surface area contributed by atoms with Crippen LogP contribution in [-0.4, -0.2) is 10.1 Å². The Morgan fingerprint density at radius 1 is 1.50 bits per heavy atom. The van der Waals surface area contributed by atoms with Crippen molar-refractivity contribution in [3.8, 4) is 0 Å². The number of hydrogen-bond acceptors (Lipinski definition) is 3. The number of aliphatic hydroxyl groups is 1. The monoisotopic (exact) mass is 213 g/mol. The predicted molar refractivity (Wildman–Crippen MR) is 53.1 cm³/mol. The van der Waals surface area contributed by atoms with Gasteiger partial charge < -0.3 is 9.84 Å². The van der Waals surface area contributed by atoms with Crippen molar-refractivity contribution in [2.75, 3.05) is 0 Å². The van der Waals surface area contributed by atoms with Gasteiger partial charge in [0.05, 0.1) is 23.0 Å². The lowest BCUT2D eigenvalue weighted by atomic mass is 10.0. The van der Waals surface area contributed by atoms with Crippen LogP contribution in [0.3, 0.4) is 0 Å². The summed E-state index contributed by atoms with van der Waals surface area (Å²) in [6.07, 6.45) is 0. The van der Waals surface area contributed by atoms with Gasteiger partial charge in [-0.2, -0.15) is 0 Å². The lowest BCUT2D eigenvalue weighted by Crippen LogP contribution is -2.20. The van der Waals surface area contributed by atoms with Crippen molar-refractivity contribution in [3.63, 3.8) is 0 Å². The summed E-state index contributed by atoms with van der Waals surface area (Å²) >= 11 is 6.06. The fourth-order valence-electron chi connectivity index (χ4n) is 1.91. The van der Waals surface area contributed by atoms with E-state index < -0.39 is 5.79 Å². The van der Waals surface area contributed by atoms with E-state index in [1.54, 1.807) is 6.92 Å². The first kappa shape index (κ1) is 9.90. The molecule has 0 aliphatic carbocycles. The summed E-state index contributed by atoms with van der Waals surface area (Å²) in [5.74, 6) is -1.25. The molecule has 0 amide bonds. The molecule has 0 aromatic carbocycles. The number of aryl methyl sites for hydroxylation is 1. The number of pyridine rings is 1. The number of halogens is 1. The number of ether oxygens (including phenoxy) is 1. The topological polar surface area (TPSA) is 42.4 Å². The van der Waals surface area contributed by atoms with Gasteiger partial charge in [-0.05, 0) is 26.3 Å². The third-order valence-electron chi connectivity index (χ3n) is 2.57. The van der Waals surface area contributed by atoms with Gasteiger partial charge in [-0.25, -0.2) is 0 Å². The quantitative estimate of drug-likeness (QED) is 0.717. The van der Waals surface area contributed by atoms with Crippen molar-refractivity contribution in [2.45, 2.75) is 33.2 Å². The third kappa shape index (κ3) is 1.24. The zero-order chi connectivity index (χ0) is 10.5. The molecule has 0 bridgehead atoms. The van der Waals surface area contributed by atoms with Crippen LogP contribution in [0.15, 0.2) is 0 Å². The number of hydrogen-bond donors (Lipinski definition) is 1. The third-order valence-corrected chi connectivity index (χ3v) is 3.12. The van der Waals surface area contributed by atoms with Crippen LogP contribution in [0.4, 0.5) is 0 Å². The maximum absolute atomic E-state index is 9.92. The second-order valence-corrected chi connectivity index (χ2v) is 4.11. The highest BCUT2D eigenvalue weighted by molar-refractivity contribution is 6.32. The summed E-state index contributed by atoms with van der Waals surface area (Å²) in [5, 5.41) is 10.5. The van der Waals surface area contributed by atoms with Crippen molar-refractivity contribution in [2.24, 2.45) is 0 Å². The summed E-state index contributed by atoms with van der Waals surface area (Å²) in [6.45, 7) is 5.68. The van der Waals surface area contributed by atoms with E-state index in [0.717, 1.165) is 17.0 Å². The highest BCUT2D eigenvalue weighted by Crippen LogP contribution is 2.38. The zero-order valence-corrected chi connectivity index (χ0v) is 9.14. The molecule has 0 saturated heterocycles. The Kier molecular flexibility index (Phi) is 2.07. The van der Waals surface area contributed by atoms with Crippen LogP contribution in [0.2, 0.25) is 5.02 Å². The smallest absolute Gasteiger partial charge is 0.192 e. The molecule has 1 aromatic heterocycles. The first-order valence-electron chi connectivity index (χ1n) is 4.46. The van der Waals surface area contributed by atoms with Gasteiger partial charge in [-0.1, -0.05) is 11.6 Å². The Hall–Kier alpha value is -0.640.